The SMILES string of the molecule is Cc1ccc(SCCC(=O)N2CCC(N)C(C)(C)C2)cc1C. The molecule has 1 heterocycles. The molecular formula is C18H28N2OS. The molecule has 1 aromatic rings. The van der Waals surface area contributed by atoms with E-state index in [0.717, 1.165) is 25.3 Å². The second kappa shape index (κ2) is 7.05. The van der Waals surface area contributed by atoms with Gasteiger partial charge in [0.2, 0.25) is 5.91 Å². The van der Waals surface area contributed by atoms with Gasteiger partial charge in [-0.3, -0.25) is 4.79 Å². The first kappa shape index (κ1) is 17.4. The predicted molar refractivity (Wildman–Crippen MR) is 94.2 cm³/mol. The van der Waals surface area contributed by atoms with Crippen molar-refractivity contribution in [2.45, 2.75) is 51.5 Å². The van der Waals surface area contributed by atoms with E-state index < -0.39 is 0 Å². The van der Waals surface area contributed by atoms with Crippen molar-refractivity contribution in [3.05, 3.63) is 29.3 Å². The maximum Gasteiger partial charge on any atom is 0.223 e. The van der Waals surface area contributed by atoms with E-state index in [-0.39, 0.29) is 17.4 Å². The molecule has 0 bridgehead atoms. The van der Waals surface area contributed by atoms with Crippen LogP contribution in [0.4, 0.5) is 0 Å². The van der Waals surface area contributed by atoms with Gasteiger partial charge in [0.15, 0.2) is 0 Å². The van der Waals surface area contributed by atoms with Gasteiger partial charge in [-0.2, -0.15) is 0 Å². The number of likely N-dealkylation sites (tertiary alicyclic amines) is 1. The highest BCUT2D eigenvalue weighted by Crippen LogP contribution is 2.28. The van der Waals surface area contributed by atoms with Crippen LogP contribution in [0.15, 0.2) is 23.1 Å². The third-order valence-electron chi connectivity index (χ3n) is 4.73. The molecule has 2 rings (SSSR count). The van der Waals surface area contributed by atoms with Crippen LogP contribution in [0.1, 0.15) is 37.8 Å². The van der Waals surface area contributed by atoms with Crippen molar-refractivity contribution in [1.82, 2.24) is 4.90 Å². The fourth-order valence-corrected chi connectivity index (χ4v) is 3.74. The number of nitrogens with zero attached hydrogens (tertiary/aromatic N) is 1. The third kappa shape index (κ3) is 4.26. The zero-order valence-corrected chi connectivity index (χ0v) is 15.0. The second-order valence-corrected chi connectivity index (χ2v) is 8.21. The maximum absolute atomic E-state index is 12.4. The maximum atomic E-state index is 12.4. The Morgan fingerprint density at radius 2 is 2.09 bits per heavy atom. The molecule has 1 unspecified atom stereocenters. The van der Waals surface area contributed by atoms with Crippen molar-refractivity contribution in [3.63, 3.8) is 0 Å². The van der Waals surface area contributed by atoms with E-state index in [1.54, 1.807) is 11.8 Å². The quantitative estimate of drug-likeness (QED) is 0.865. The summed E-state index contributed by atoms with van der Waals surface area (Å²) in [5.74, 6) is 1.10. The lowest BCUT2D eigenvalue weighted by molar-refractivity contribution is -0.134. The smallest absolute Gasteiger partial charge is 0.223 e. The highest BCUT2D eigenvalue weighted by molar-refractivity contribution is 7.99. The molecular weight excluding hydrogens is 292 g/mol. The fourth-order valence-electron chi connectivity index (χ4n) is 2.80. The van der Waals surface area contributed by atoms with Gasteiger partial charge >= 0.3 is 0 Å². The molecule has 2 N–H and O–H groups in total. The van der Waals surface area contributed by atoms with E-state index in [0.29, 0.717) is 6.42 Å². The van der Waals surface area contributed by atoms with Gasteiger partial charge in [-0.1, -0.05) is 19.9 Å². The van der Waals surface area contributed by atoms with E-state index >= 15 is 0 Å². The van der Waals surface area contributed by atoms with Crippen molar-refractivity contribution in [2.75, 3.05) is 18.8 Å². The molecule has 1 fully saturated rings. The molecule has 22 heavy (non-hydrogen) atoms. The fraction of sp³-hybridized carbons (Fsp3) is 0.611. The lowest BCUT2D eigenvalue weighted by atomic mass is 9.79. The molecule has 3 nitrogen and oxygen atoms in total. The Kier molecular flexibility index (Phi) is 5.56. The van der Waals surface area contributed by atoms with Crippen LogP contribution in [0.25, 0.3) is 0 Å². The van der Waals surface area contributed by atoms with Crippen molar-refractivity contribution in [1.29, 1.82) is 0 Å². The summed E-state index contributed by atoms with van der Waals surface area (Å²) in [5.41, 5.74) is 8.78. The van der Waals surface area contributed by atoms with Gasteiger partial charge in [-0.05, 0) is 48.9 Å². The number of rotatable bonds is 4. The van der Waals surface area contributed by atoms with Crippen molar-refractivity contribution in [3.8, 4) is 0 Å². The Morgan fingerprint density at radius 3 is 2.73 bits per heavy atom. The van der Waals surface area contributed by atoms with Crippen LogP contribution in [0, 0.1) is 19.3 Å². The van der Waals surface area contributed by atoms with E-state index in [1.807, 2.05) is 4.90 Å². The predicted octanol–water partition coefficient (Wildman–Crippen LogP) is 3.37. The normalized spacial score (nSPS) is 21.0. The van der Waals surface area contributed by atoms with Crippen LogP contribution in [0.2, 0.25) is 0 Å². The van der Waals surface area contributed by atoms with Gasteiger partial charge in [0.25, 0.3) is 0 Å². The Hall–Kier alpha value is -1.00. The van der Waals surface area contributed by atoms with Gasteiger partial charge < -0.3 is 10.6 Å². The van der Waals surface area contributed by atoms with Crippen LogP contribution >= 0.6 is 11.8 Å². The molecule has 0 aliphatic carbocycles. The van der Waals surface area contributed by atoms with Crippen molar-refractivity contribution >= 4 is 17.7 Å². The molecule has 0 aromatic heterocycles. The largest absolute Gasteiger partial charge is 0.342 e. The molecule has 4 heteroatoms. The van der Waals surface area contributed by atoms with Gasteiger partial charge in [0.05, 0.1) is 0 Å². The van der Waals surface area contributed by atoms with Crippen LogP contribution in [-0.4, -0.2) is 35.7 Å². The lowest BCUT2D eigenvalue weighted by Crippen LogP contribution is -2.54. The lowest BCUT2D eigenvalue weighted by Gasteiger charge is -2.42. The van der Waals surface area contributed by atoms with Crippen molar-refractivity contribution < 1.29 is 4.79 Å². The monoisotopic (exact) mass is 320 g/mol. The molecule has 1 aliphatic heterocycles. The first-order chi connectivity index (χ1) is 10.3. The summed E-state index contributed by atoms with van der Waals surface area (Å²) in [6, 6.07) is 6.68. The van der Waals surface area contributed by atoms with E-state index in [2.05, 4.69) is 45.9 Å². The van der Waals surface area contributed by atoms with Gasteiger partial charge in [-0.25, -0.2) is 0 Å². The minimum Gasteiger partial charge on any atom is -0.342 e. The summed E-state index contributed by atoms with van der Waals surface area (Å²) < 4.78 is 0. The average molecular weight is 321 g/mol. The number of hydrogen-bond donors (Lipinski definition) is 1. The summed E-state index contributed by atoms with van der Waals surface area (Å²) in [4.78, 5) is 15.6. The number of piperidine rings is 1. The summed E-state index contributed by atoms with van der Waals surface area (Å²) in [6.45, 7) is 10.1. The first-order valence-electron chi connectivity index (χ1n) is 8.03. The highest BCUT2D eigenvalue weighted by atomic mass is 32.2. The highest BCUT2D eigenvalue weighted by Gasteiger charge is 2.34. The molecule has 122 valence electrons. The summed E-state index contributed by atoms with van der Waals surface area (Å²) in [5, 5.41) is 0. The average Bonchev–Trinajstić information content (AvgIpc) is 2.45. The van der Waals surface area contributed by atoms with Gasteiger partial charge in [0, 0.05) is 36.2 Å². The topological polar surface area (TPSA) is 46.3 Å². The summed E-state index contributed by atoms with van der Waals surface area (Å²) in [7, 11) is 0. The number of carbonyl (C=O) groups excluding carboxylic acids is 1. The number of benzene rings is 1. The molecule has 1 aliphatic rings. The molecule has 1 amide bonds. The van der Waals surface area contributed by atoms with Gasteiger partial charge in [0.1, 0.15) is 0 Å². The number of amides is 1. The van der Waals surface area contributed by atoms with Crippen LogP contribution in [0.5, 0.6) is 0 Å². The van der Waals surface area contributed by atoms with E-state index in [9.17, 15) is 4.79 Å². The molecule has 1 atom stereocenters. The molecule has 0 radical (unpaired) electrons. The van der Waals surface area contributed by atoms with Crippen LogP contribution in [-0.2, 0) is 4.79 Å². The molecule has 1 saturated heterocycles. The Labute approximate surface area is 138 Å². The van der Waals surface area contributed by atoms with Gasteiger partial charge in [-0.15, -0.1) is 11.8 Å². The molecule has 1 aromatic carbocycles. The molecule has 0 saturated carbocycles. The zero-order chi connectivity index (χ0) is 16.3. The molecule has 0 spiro atoms. The van der Waals surface area contributed by atoms with Crippen LogP contribution in [0.3, 0.4) is 0 Å². The number of aryl methyl sites for hydroxylation is 2. The van der Waals surface area contributed by atoms with Crippen molar-refractivity contribution in [2.24, 2.45) is 11.1 Å². The van der Waals surface area contributed by atoms with E-state index in [4.69, 9.17) is 5.73 Å². The summed E-state index contributed by atoms with van der Waals surface area (Å²) >= 11 is 1.76. The number of hydrogen-bond acceptors (Lipinski definition) is 3. The first-order valence-corrected chi connectivity index (χ1v) is 9.01. The number of carbonyl (C=O) groups is 1. The third-order valence-corrected chi connectivity index (χ3v) is 5.72. The Balaban J connectivity index is 1.81. The zero-order valence-electron chi connectivity index (χ0n) is 14.2. The minimum absolute atomic E-state index is 0.0229. The number of thioether (sulfide) groups is 1. The van der Waals surface area contributed by atoms with E-state index in [1.165, 1.54) is 16.0 Å². The number of nitrogens with two attached hydrogens (primary N) is 1. The Morgan fingerprint density at radius 1 is 1.36 bits per heavy atom. The van der Waals surface area contributed by atoms with Crippen LogP contribution < -0.4 is 5.73 Å². The Bertz CT molecular complexity index is 542. The summed E-state index contributed by atoms with van der Waals surface area (Å²) in [6.07, 6.45) is 1.51. The second-order valence-electron chi connectivity index (χ2n) is 7.04. The standard InChI is InChI=1S/C18H28N2OS/c1-13-5-6-15(11-14(13)2)22-10-8-17(21)20-9-7-16(19)18(3,4)12-20/h5-6,11,16H,7-10,12,19H2,1-4H3. The minimum atomic E-state index is 0.0229.